The summed E-state index contributed by atoms with van der Waals surface area (Å²) in [6.45, 7) is 3.64. The van der Waals surface area contributed by atoms with Gasteiger partial charge in [0, 0.05) is 24.8 Å². The van der Waals surface area contributed by atoms with Crippen LogP contribution < -0.4 is 0 Å². The Labute approximate surface area is 99.1 Å². The number of hydrogen-bond acceptors (Lipinski definition) is 3. The molecule has 0 aliphatic carbocycles. The number of rotatable bonds is 1. The fourth-order valence-electron chi connectivity index (χ4n) is 2.26. The van der Waals surface area contributed by atoms with E-state index in [0.717, 1.165) is 37.3 Å². The molecule has 3 heterocycles. The second kappa shape index (κ2) is 3.84. The SMILES string of the molecule is Cc1cc(C(=O)N2CCCC2)nc2ccnn12. The highest BCUT2D eigenvalue weighted by Crippen LogP contribution is 2.13. The fraction of sp³-hybridized carbons (Fsp3) is 0.417. The largest absolute Gasteiger partial charge is 0.337 e. The number of fused-ring (bicyclic) bond motifs is 1. The average molecular weight is 230 g/mol. The van der Waals surface area contributed by atoms with E-state index < -0.39 is 0 Å². The van der Waals surface area contributed by atoms with Gasteiger partial charge in [0.2, 0.25) is 0 Å². The molecule has 0 N–H and O–H groups in total. The van der Waals surface area contributed by atoms with Crippen molar-refractivity contribution in [3.05, 3.63) is 29.7 Å². The second-order valence-corrected chi connectivity index (χ2v) is 4.38. The first-order valence-corrected chi connectivity index (χ1v) is 5.86. The van der Waals surface area contributed by atoms with Gasteiger partial charge in [-0.05, 0) is 25.8 Å². The summed E-state index contributed by atoms with van der Waals surface area (Å²) in [6.07, 6.45) is 3.89. The molecule has 2 aromatic heterocycles. The van der Waals surface area contributed by atoms with Crippen molar-refractivity contribution in [2.45, 2.75) is 19.8 Å². The first-order chi connectivity index (χ1) is 8.25. The maximum absolute atomic E-state index is 12.2. The van der Waals surface area contributed by atoms with Gasteiger partial charge in [-0.2, -0.15) is 5.10 Å². The van der Waals surface area contributed by atoms with Crippen LogP contribution >= 0.6 is 0 Å². The molecule has 1 aliphatic heterocycles. The molecule has 3 rings (SSSR count). The topological polar surface area (TPSA) is 50.5 Å². The summed E-state index contributed by atoms with van der Waals surface area (Å²) in [6, 6.07) is 3.62. The lowest BCUT2D eigenvalue weighted by atomic mass is 10.3. The molecule has 0 unspecified atom stereocenters. The van der Waals surface area contributed by atoms with Crippen LogP contribution in [0.1, 0.15) is 29.0 Å². The minimum Gasteiger partial charge on any atom is -0.337 e. The molecule has 1 fully saturated rings. The third-order valence-corrected chi connectivity index (χ3v) is 3.15. The summed E-state index contributed by atoms with van der Waals surface area (Å²) in [4.78, 5) is 18.4. The molecule has 17 heavy (non-hydrogen) atoms. The van der Waals surface area contributed by atoms with Gasteiger partial charge in [-0.1, -0.05) is 0 Å². The van der Waals surface area contributed by atoms with E-state index in [4.69, 9.17) is 0 Å². The average Bonchev–Trinajstić information content (AvgIpc) is 2.98. The summed E-state index contributed by atoms with van der Waals surface area (Å²) < 4.78 is 1.74. The highest BCUT2D eigenvalue weighted by molar-refractivity contribution is 5.93. The predicted octanol–water partition coefficient (Wildman–Crippen LogP) is 1.27. The van der Waals surface area contributed by atoms with Gasteiger partial charge in [-0.25, -0.2) is 9.50 Å². The van der Waals surface area contributed by atoms with Crippen LogP contribution in [-0.2, 0) is 0 Å². The van der Waals surface area contributed by atoms with E-state index in [2.05, 4.69) is 10.1 Å². The maximum Gasteiger partial charge on any atom is 0.272 e. The van der Waals surface area contributed by atoms with Crippen molar-refractivity contribution in [2.75, 3.05) is 13.1 Å². The van der Waals surface area contributed by atoms with Gasteiger partial charge in [0.05, 0.1) is 6.20 Å². The molecule has 0 saturated carbocycles. The Kier molecular flexibility index (Phi) is 2.31. The first-order valence-electron chi connectivity index (χ1n) is 5.86. The predicted molar refractivity (Wildman–Crippen MR) is 62.9 cm³/mol. The molecule has 1 aliphatic rings. The van der Waals surface area contributed by atoms with Crippen LogP contribution in [0.25, 0.3) is 5.65 Å². The lowest BCUT2D eigenvalue weighted by molar-refractivity contribution is 0.0787. The minimum atomic E-state index is 0.0364. The Balaban J connectivity index is 2.01. The Bertz CT molecular complexity index is 569. The number of aromatic nitrogens is 3. The number of amides is 1. The molecule has 0 bridgehead atoms. The van der Waals surface area contributed by atoms with Gasteiger partial charge in [-0.15, -0.1) is 0 Å². The fourth-order valence-corrected chi connectivity index (χ4v) is 2.26. The van der Waals surface area contributed by atoms with Crippen LogP contribution in [0.5, 0.6) is 0 Å². The van der Waals surface area contributed by atoms with Gasteiger partial charge in [0.25, 0.3) is 5.91 Å². The molecular weight excluding hydrogens is 216 g/mol. The third kappa shape index (κ3) is 1.67. The van der Waals surface area contributed by atoms with Crippen molar-refractivity contribution in [1.82, 2.24) is 19.5 Å². The van der Waals surface area contributed by atoms with Gasteiger partial charge >= 0.3 is 0 Å². The molecule has 2 aromatic rings. The second-order valence-electron chi connectivity index (χ2n) is 4.38. The van der Waals surface area contributed by atoms with Crippen LogP contribution in [0.4, 0.5) is 0 Å². The number of aryl methyl sites for hydroxylation is 1. The van der Waals surface area contributed by atoms with Crippen LogP contribution in [0.3, 0.4) is 0 Å². The van der Waals surface area contributed by atoms with E-state index in [-0.39, 0.29) is 5.91 Å². The van der Waals surface area contributed by atoms with Gasteiger partial charge < -0.3 is 4.90 Å². The van der Waals surface area contributed by atoms with Crippen molar-refractivity contribution in [2.24, 2.45) is 0 Å². The summed E-state index contributed by atoms with van der Waals surface area (Å²) >= 11 is 0. The Morgan fingerprint density at radius 3 is 2.88 bits per heavy atom. The summed E-state index contributed by atoms with van der Waals surface area (Å²) in [5.41, 5.74) is 2.19. The van der Waals surface area contributed by atoms with Crippen molar-refractivity contribution in [1.29, 1.82) is 0 Å². The normalized spacial score (nSPS) is 15.7. The molecule has 1 saturated heterocycles. The summed E-state index contributed by atoms with van der Waals surface area (Å²) in [5.74, 6) is 0.0364. The zero-order valence-electron chi connectivity index (χ0n) is 9.76. The standard InChI is InChI=1S/C12H14N4O/c1-9-8-10(12(17)15-6-2-3-7-15)14-11-4-5-13-16(9)11/h4-5,8H,2-3,6-7H2,1H3. The highest BCUT2D eigenvalue weighted by atomic mass is 16.2. The lowest BCUT2D eigenvalue weighted by Gasteiger charge is -2.14. The van der Waals surface area contributed by atoms with E-state index in [1.165, 1.54) is 0 Å². The number of carbonyl (C=O) groups excluding carboxylic acids is 1. The van der Waals surface area contributed by atoms with Crippen molar-refractivity contribution >= 4 is 11.6 Å². The zero-order chi connectivity index (χ0) is 11.8. The molecule has 5 nitrogen and oxygen atoms in total. The molecule has 1 amide bonds. The van der Waals surface area contributed by atoms with E-state index >= 15 is 0 Å². The van der Waals surface area contributed by atoms with Gasteiger partial charge in [0.15, 0.2) is 5.65 Å². The molecular formula is C12H14N4O. The summed E-state index contributed by atoms with van der Waals surface area (Å²) in [5, 5.41) is 4.15. The number of hydrogen-bond donors (Lipinski definition) is 0. The van der Waals surface area contributed by atoms with E-state index in [1.54, 1.807) is 16.8 Å². The molecule has 0 aromatic carbocycles. The Morgan fingerprint density at radius 2 is 2.12 bits per heavy atom. The molecule has 88 valence electrons. The van der Waals surface area contributed by atoms with Gasteiger partial charge in [0.1, 0.15) is 5.69 Å². The smallest absolute Gasteiger partial charge is 0.272 e. The zero-order valence-corrected chi connectivity index (χ0v) is 9.76. The lowest BCUT2D eigenvalue weighted by Crippen LogP contribution is -2.28. The first kappa shape index (κ1) is 10.3. The van der Waals surface area contributed by atoms with E-state index in [1.807, 2.05) is 17.9 Å². The number of carbonyl (C=O) groups is 1. The van der Waals surface area contributed by atoms with Crippen molar-refractivity contribution in [3.63, 3.8) is 0 Å². The molecule has 5 heteroatoms. The summed E-state index contributed by atoms with van der Waals surface area (Å²) in [7, 11) is 0. The molecule has 0 radical (unpaired) electrons. The van der Waals surface area contributed by atoms with Crippen LogP contribution in [0, 0.1) is 6.92 Å². The van der Waals surface area contributed by atoms with Crippen LogP contribution in [0.15, 0.2) is 18.3 Å². The van der Waals surface area contributed by atoms with Gasteiger partial charge in [-0.3, -0.25) is 4.79 Å². The van der Waals surface area contributed by atoms with Crippen LogP contribution in [-0.4, -0.2) is 38.5 Å². The molecule has 0 atom stereocenters. The Morgan fingerprint density at radius 1 is 1.35 bits per heavy atom. The van der Waals surface area contributed by atoms with E-state index in [9.17, 15) is 4.79 Å². The number of nitrogens with zero attached hydrogens (tertiary/aromatic N) is 4. The maximum atomic E-state index is 12.2. The number of likely N-dealkylation sites (tertiary alicyclic amines) is 1. The quantitative estimate of drug-likeness (QED) is 0.741. The van der Waals surface area contributed by atoms with Crippen molar-refractivity contribution < 1.29 is 4.79 Å². The van der Waals surface area contributed by atoms with Crippen LogP contribution in [0.2, 0.25) is 0 Å². The van der Waals surface area contributed by atoms with Crippen molar-refractivity contribution in [3.8, 4) is 0 Å². The highest BCUT2D eigenvalue weighted by Gasteiger charge is 2.21. The minimum absolute atomic E-state index is 0.0364. The van der Waals surface area contributed by atoms with E-state index in [0.29, 0.717) is 5.69 Å². The molecule has 0 spiro atoms. The Hall–Kier alpha value is -1.91. The third-order valence-electron chi connectivity index (χ3n) is 3.15. The monoisotopic (exact) mass is 230 g/mol.